The predicted octanol–water partition coefficient (Wildman–Crippen LogP) is -3.63. The number of Topliss-reactive ketones (excluding diaryl/α,β-unsaturated/α-hetero) is 1. The Morgan fingerprint density at radius 1 is 1.00 bits per heavy atom. The van der Waals surface area contributed by atoms with Gasteiger partial charge in [-0.05, 0) is 6.42 Å². The Balaban J connectivity index is 4.29. The Bertz CT molecular complexity index is 195. The monoisotopic (exact) mass is 224 g/mol. The van der Waals surface area contributed by atoms with E-state index in [1.807, 2.05) is 0 Å². The molecule has 0 aromatic carbocycles. The van der Waals surface area contributed by atoms with Gasteiger partial charge in [-0.25, -0.2) is 0 Å². The van der Waals surface area contributed by atoms with Crippen molar-refractivity contribution in [3.05, 3.63) is 0 Å². The maximum atomic E-state index is 10.7. The Morgan fingerprint density at radius 3 is 1.93 bits per heavy atom. The second-order valence-corrected chi connectivity index (χ2v) is 3.13. The van der Waals surface area contributed by atoms with Crippen LogP contribution in [0.4, 0.5) is 0 Å². The maximum Gasteiger partial charge on any atom is 0.189 e. The van der Waals surface area contributed by atoms with Gasteiger partial charge in [0.25, 0.3) is 0 Å². The molecule has 4 atom stereocenters. The van der Waals surface area contributed by atoms with Crippen molar-refractivity contribution in [2.75, 3.05) is 13.2 Å². The number of rotatable bonds is 7. The standard InChI is InChI=1S/C8H16O7/c9-2-1-4(11)6(13)8(15)7(14)5(12)3-10/h4,6-11,13-15H,1-3H2. The van der Waals surface area contributed by atoms with Crippen LogP contribution < -0.4 is 0 Å². The van der Waals surface area contributed by atoms with E-state index < -0.39 is 43.4 Å². The number of hydrogen-bond acceptors (Lipinski definition) is 7. The number of aliphatic hydroxyl groups is 6. The summed E-state index contributed by atoms with van der Waals surface area (Å²) >= 11 is 0. The fourth-order valence-electron chi connectivity index (χ4n) is 1.00. The fraction of sp³-hybridized carbons (Fsp3) is 0.875. The molecule has 0 bridgehead atoms. The highest BCUT2D eigenvalue weighted by Crippen LogP contribution is 2.08. The topological polar surface area (TPSA) is 138 Å². The third kappa shape index (κ3) is 4.20. The van der Waals surface area contributed by atoms with E-state index in [-0.39, 0.29) is 6.42 Å². The van der Waals surface area contributed by atoms with Gasteiger partial charge in [-0.1, -0.05) is 0 Å². The van der Waals surface area contributed by atoms with Gasteiger partial charge in [0.15, 0.2) is 5.78 Å². The van der Waals surface area contributed by atoms with Crippen LogP contribution >= 0.6 is 0 Å². The molecule has 4 unspecified atom stereocenters. The van der Waals surface area contributed by atoms with Gasteiger partial charge in [-0.2, -0.15) is 0 Å². The minimum Gasteiger partial charge on any atom is -0.396 e. The molecule has 0 amide bonds. The van der Waals surface area contributed by atoms with Crippen LogP contribution in [-0.2, 0) is 4.79 Å². The molecule has 0 rings (SSSR count). The third-order valence-electron chi connectivity index (χ3n) is 1.98. The number of aliphatic hydroxyl groups excluding tert-OH is 6. The van der Waals surface area contributed by atoms with E-state index in [0.717, 1.165) is 0 Å². The molecule has 0 saturated heterocycles. The van der Waals surface area contributed by atoms with Crippen molar-refractivity contribution >= 4 is 5.78 Å². The van der Waals surface area contributed by atoms with Gasteiger partial charge in [0.05, 0.1) is 6.10 Å². The third-order valence-corrected chi connectivity index (χ3v) is 1.98. The highest BCUT2D eigenvalue weighted by molar-refractivity contribution is 5.84. The van der Waals surface area contributed by atoms with Crippen molar-refractivity contribution in [1.82, 2.24) is 0 Å². The molecule has 15 heavy (non-hydrogen) atoms. The van der Waals surface area contributed by atoms with E-state index >= 15 is 0 Å². The lowest BCUT2D eigenvalue weighted by molar-refractivity contribution is -0.147. The van der Waals surface area contributed by atoms with Gasteiger partial charge in [-0.3, -0.25) is 4.79 Å². The molecule has 90 valence electrons. The summed E-state index contributed by atoms with van der Waals surface area (Å²) in [6, 6.07) is 0. The lowest BCUT2D eigenvalue weighted by Crippen LogP contribution is -2.48. The minimum atomic E-state index is -1.96. The molecule has 0 spiro atoms. The smallest absolute Gasteiger partial charge is 0.189 e. The first-order chi connectivity index (χ1) is 6.95. The highest BCUT2D eigenvalue weighted by Gasteiger charge is 2.33. The zero-order valence-corrected chi connectivity index (χ0v) is 8.02. The zero-order valence-electron chi connectivity index (χ0n) is 8.02. The van der Waals surface area contributed by atoms with Crippen LogP contribution in [0, 0.1) is 0 Å². The molecule has 0 aliphatic carbocycles. The van der Waals surface area contributed by atoms with Crippen LogP contribution in [-0.4, -0.2) is 74.1 Å². The van der Waals surface area contributed by atoms with E-state index in [0.29, 0.717) is 0 Å². The summed E-state index contributed by atoms with van der Waals surface area (Å²) in [4.78, 5) is 10.7. The molecule has 0 fully saturated rings. The van der Waals surface area contributed by atoms with Gasteiger partial charge in [0.1, 0.15) is 24.9 Å². The zero-order chi connectivity index (χ0) is 12.0. The number of ketones is 1. The van der Waals surface area contributed by atoms with E-state index in [2.05, 4.69) is 0 Å². The van der Waals surface area contributed by atoms with Crippen LogP contribution in [0.15, 0.2) is 0 Å². The molecular weight excluding hydrogens is 208 g/mol. The van der Waals surface area contributed by atoms with Crippen LogP contribution in [0.2, 0.25) is 0 Å². The van der Waals surface area contributed by atoms with Gasteiger partial charge in [0, 0.05) is 6.61 Å². The normalized spacial score (nSPS) is 19.3. The molecule has 7 nitrogen and oxygen atoms in total. The van der Waals surface area contributed by atoms with E-state index in [1.165, 1.54) is 0 Å². The average Bonchev–Trinajstić information content (AvgIpc) is 2.25. The lowest BCUT2D eigenvalue weighted by atomic mass is 9.99. The van der Waals surface area contributed by atoms with E-state index in [1.54, 1.807) is 0 Å². The van der Waals surface area contributed by atoms with Gasteiger partial charge in [0.2, 0.25) is 0 Å². The Morgan fingerprint density at radius 2 is 1.53 bits per heavy atom. The first-order valence-electron chi connectivity index (χ1n) is 4.42. The molecule has 0 aromatic rings. The summed E-state index contributed by atoms with van der Waals surface area (Å²) in [5.74, 6) is -1.06. The van der Waals surface area contributed by atoms with Crippen molar-refractivity contribution in [3.8, 4) is 0 Å². The second-order valence-electron chi connectivity index (χ2n) is 3.13. The Kier molecular flexibility index (Phi) is 6.57. The summed E-state index contributed by atoms with van der Waals surface area (Å²) in [7, 11) is 0. The van der Waals surface area contributed by atoms with Crippen molar-refractivity contribution in [2.24, 2.45) is 0 Å². The van der Waals surface area contributed by atoms with E-state index in [9.17, 15) is 15.0 Å². The minimum absolute atomic E-state index is 0.196. The Hall–Kier alpha value is -0.570. The SMILES string of the molecule is O=C(CO)C(O)C(O)C(O)C(O)CCO. The van der Waals surface area contributed by atoms with Crippen LogP contribution in [0.3, 0.4) is 0 Å². The van der Waals surface area contributed by atoms with Crippen molar-refractivity contribution < 1.29 is 35.4 Å². The maximum absolute atomic E-state index is 10.7. The molecule has 0 aliphatic rings. The fourth-order valence-corrected chi connectivity index (χ4v) is 1.00. The summed E-state index contributed by atoms with van der Waals surface area (Å²) in [5, 5.41) is 53.5. The van der Waals surface area contributed by atoms with Gasteiger partial charge in [-0.15, -0.1) is 0 Å². The summed E-state index contributed by atoms with van der Waals surface area (Å²) in [6.45, 7) is -1.38. The summed E-state index contributed by atoms with van der Waals surface area (Å²) < 4.78 is 0. The Labute approximate surface area is 86.2 Å². The molecule has 0 saturated carbocycles. The average molecular weight is 224 g/mol. The quantitative estimate of drug-likeness (QED) is 0.262. The molecule has 0 aromatic heterocycles. The molecule has 0 radical (unpaired) electrons. The second kappa shape index (κ2) is 6.83. The highest BCUT2D eigenvalue weighted by atomic mass is 16.4. The van der Waals surface area contributed by atoms with E-state index in [4.69, 9.17) is 20.4 Å². The number of hydrogen-bond donors (Lipinski definition) is 6. The van der Waals surface area contributed by atoms with Crippen molar-refractivity contribution in [1.29, 1.82) is 0 Å². The molecule has 7 heteroatoms. The predicted molar refractivity (Wildman–Crippen MR) is 47.8 cm³/mol. The van der Waals surface area contributed by atoms with Crippen LogP contribution in [0.5, 0.6) is 0 Å². The van der Waals surface area contributed by atoms with Crippen molar-refractivity contribution in [2.45, 2.75) is 30.8 Å². The van der Waals surface area contributed by atoms with Crippen molar-refractivity contribution in [3.63, 3.8) is 0 Å². The molecule has 6 N–H and O–H groups in total. The number of carbonyl (C=O) groups excluding carboxylic acids is 1. The largest absolute Gasteiger partial charge is 0.396 e. The first kappa shape index (κ1) is 14.4. The van der Waals surface area contributed by atoms with Gasteiger partial charge >= 0.3 is 0 Å². The van der Waals surface area contributed by atoms with Crippen LogP contribution in [0.25, 0.3) is 0 Å². The molecule has 0 aliphatic heterocycles. The molecule has 0 heterocycles. The lowest BCUT2D eigenvalue weighted by Gasteiger charge is -2.25. The summed E-state index contributed by atoms with van der Waals surface area (Å²) in [6.07, 6.45) is -7.27. The van der Waals surface area contributed by atoms with Crippen LogP contribution in [0.1, 0.15) is 6.42 Å². The molecular formula is C8H16O7. The first-order valence-corrected chi connectivity index (χ1v) is 4.42. The summed E-state index contributed by atoms with van der Waals surface area (Å²) in [5.41, 5.74) is 0. The number of carbonyl (C=O) groups is 1. The van der Waals surface area contributed by atoms with Gasteiger partial charge < -0.3 is 30.6 Å².